The van der Waals surface area contributed by atoms with Crippen LogP contribution in [0.25, 0.3) is 5.65 Å². The van der Waals surface area contributed by atoms with Crippen molar-refractivity contribution in [1.82, 2.24) is 9.38 Å². The molecule has 0 spiro atoms. The van der Waals surface area contributed by atoms with Crippen LogP contribution in [-0.4, -0.2) is 20.6 Å². The maximum absolute atomic E-state index is 4.96. The van der Waals surface area contributed by atoms with Crippen molar-refractivity contribution in [3.8, 4) is 0 Å². The zero-order valence-electron chi connectivity index (χ0n) is 11.5. The molecule has 4 rings (SSSR count). The van der Waals surface area contributed by atoms with Gasteiger partial charge in [-0.25, -0.2) is 4.98 Å². The quantitative estimate of drug-likeness (QED) is 0.670. The molecule has 4 heteroatoms. The van der Waals surface area contributed by atoms with Gasteiger partial charge in [-0.05, 0) is 49.4 Å². The van der Waals surface area contributed by atoms with E-state index in [0.29, 0.717) is 0 Å². The highest BCUT2D eigenvalue weighted by Crippen LogP contribution is 2.32. The molecule has 0 saturated heterocycles. The van der Waals surface area contributed by atoms with Crippen molar-refractivity contribution in [2.75, 3.05) is 0 Å². The number of hydrogen-bond donors (Lipinski definition) is 0. The SMILES string of the molecule is CC1(C)Cc2ccsc2C(c2cnc3cccn3c2)=N1. The van der Waals surface area contributed by atoms with E-state index in [9.17, 15) is 0 Å². The van der Waals surface area contributed by atoms with Gasteiger partial charge in [0.15, 0.2) is 0 Å². The third kappa shape index (κ3) is 1.79. The molecule has 4 heterocycles. The first-order valence-electron chi connectivity index (χ1n) is 6.72. The van der Waals surface area contributed by atoms with Crippen molar-refractivity contribution in [2.24, 2.45) is 4.99 Å². The van der Waals surface area contributed by atoms with Crippen LogP contribution in [-0.2, 0) is 6.42 Å². The summed E-state index contributed by atoms with van der Waals surface area (Å²) in [6.07, 6.45) is 7.08. The normalized spacial score (nSPS) is 17.0. The maximum atomic E-state index is 4.96. The first kappa shape index (κ1) is 11.9. The molecule has 0 aromatic carbocycles. The van der Waals surface area contributed by atoms with Gasteiger partial charge in [0.2, 0.25) is 0 Å². The van der Waals surface area contributed by atoms with Crippen LogP contribution in [0.15, 0.2) is 47.2 Å². The molecule has 0 atom stereocenters. The molecule has 0 aliphatic carbocycles. The van der Waals surface area contributed by atoms with Gasteiger partial charge < -0.3 is 4.40 Å². The predicted octanol–water partition coefficient (Wildman–Crippen LogP) is 3.57. The highest BCUT2D eigenvalue weighted by atomic mass is 32.1. The van der Waals surface area contributed by atoms with E-state index in [2.05, 4.69) is 36.5 Å². The number of thiophene rings is 1. The molecule has 3 aromatic rings. The van der Waals surface area contributed by atoms with Crippen LogP contribution in [0.2, 0.25) is 0 Å². The van der Waals surface area contributed by atoms with E-state index in [0.717, 1.165) is 23.3 Å². The van der Waals surface area contributed by atoms with Crippen LogP contribution in [0, 0.1) is 0 Å². The number of aromatic nitrogens is 2. The third-order valence-corrected chi connectivity index (χ3v) is 4.61. The van der Waals surface area contributed by atoms with E-state index in [1.54, 1.807) is 11.3 Å². The minimum atomic E-state index is -0.0466. The summed E-state index contributed by atoms with van der Waals surface area (Å²) in [4.78, 5) is 10.8. The molecule has 20 heavy (non-hydrogen) atoms. The van der Waals surface area contributed by atoms with E-state index in [1.165, 1.54) is 10.4 Å². The van der Waals surface area contributed by atoms with Gasteiger partial charge in [0.25, 0.3) is 0 Å². The van der Waals surface area contributed by atoms with Crippen LogP contribution in [0.4, 0.5) is 0 Å². The highest BCUT2D eigenvalue weighted by Gasteiger charge is 2.28. The Morgan fingerprint density at radius 3 is 3.10 bits per heavy atom. The van der Waals surface area contributed by atoms with E-state index >= 15 is 0 Å². The Morgan fingerprint density at radius 2 is 2.20 bits per heavy atom. The molecule has 0 unspecified atom stereocenters. The second kappa shape index (κ2) is 4.03. The van der Waals surface area contributed by atoms with Gasteiger partial charge in [0, 0.05) is 24.2 Å². The molecule has 0 radical (unpaired) electrons. The number of rotatable bonds is 1. The van der Waals surface area contributed by atoms with Crippen molar-refractivity contribution in [3.05, 3.63) is 58.2 Å². The smallest absolute Gasteiger partial charge is 0.136 e. The molecule has 3 aromatic heterocycles. The van der Waals surface area contributed by atoms with Crippen molar-refractivity contribution in [2.45, 2.75) is 25.8 Å². The standard InChI is InChI=1S/C16H15N3S/c1-16(2)8-11-5-7-20-15(11)14(18-16)12-9-17-13-4-3-6-19(13)10-12/h3-7,9-10H,8H2,1-2H3. The van der Waals surface area contributed by atoms with Gasteiger partial charge >= 0.3 is 0 Å². The lowest BCUT2D eigenvalue weighted by Gasteiger charge is -2.27. The minimum absolute atomic E-state index is 0.0466. The lowest BCUT2D eigenvalue weighted by molar-refractivity contribution is 0.515. The molecular weight excluding hydrogens is 266 g/mol. The molecule has 0 saturated carbocycles. The Bertz CT molecular complexity index is 823. The van der Waals surface area contributed by atoms with Gasteiger partial charge in [-0.15, -0.1) is 11.3 Å². The summed E-state index contributed by atoms with van der Waals surface area (Å²) in [7, 11) is 0. The summed E-state index contributed by atoms with van der Waals surface area (Å²) in [6, 6.07) is 6.24. The number of fused-ring (bicyclic) bond motifs is 2. The van der Waals surface area contributed by atoms with Crippen molar-refractivity contribution < 1.29 is 0 Å². The van der Waals surface area contributed by atoms with E-state index in [-0.39, 0.29) is 5.54 Å². The average Bonchev–Trinajstić information content (AvgIpc) is 3.03. The zero-order valence-corrected chi connectivity index (χ0v) is 12.3. The van der Waals surface area contributed by atoms with Crippen molar-refractivity contribution >= 4 is 22.7 Å². The minimum Gasteiger partial charge on any atom is -0.308 e. The van der Waals surface area contributed by atoms with Crippen molar-refractivity contribution in [1.29, 1.82) is 0 Å². The molecule has 100 valence electrons. The summed E-state index contributed by atoms with van der Waals surface area (Å²) >= 11 is 1.77. The Hall–Kier alpha value is -1.94. The Labute approximate surface area is 121 Å². The van der Waals surface area contributed by atoms with E-state index in [1.807, 2.05) is 28.9 Å². The summed E-state index contributed by atoms with van der Waals surface area (Å²) < 4.78 is 2.05. The largest absolute Gasteiger partial charge is 0.308 e. The summed E-state index contributed by atoms with van der Waals surface area (Å²) in [5.41, 5.74) is 4.49. The van der Waals surface area contributed by atoms with Crippen LogP contribution in [0.3, 0.4) is 0 Å². The van der Waals surface area contributed by atoms with E-state index in [4.69, 9.17) is 4.99 Å². The fourth-order valence-electron chi connectivity index (χ4n) is 2.78. The summed E-state index contributed by atoms with van der Waals surface area (Å²) in [5, 5.41) is 2.16. The fraction of sp³-hybridized carbons (Fsp3) is 0.250. The number of aliphatic imine (C=N–C) groups is 1. The van der Waals surface area contributed by atoms with Crippen molar-refractivity contribution in [3.63, 3.8) is 0 Å². The Kier molecular flexibility index (Phi) is 2.39. The topological polar surface area (TPSA) is 29.7 Å². The first-order valence-corrected chi connectivity index (χ1v) is 7.60. The van der Waals surface area contributed by atoms with Crippen LogP contribution >= 0.6 is 11.3 Å². The number of nitrogens with zero attached hydrogens (tertiary/aromatic N) is 3. The van der Waals surface area contributed by atoms with Gasteiger partial charge in [-0.3, -0.25) is 4.99 Å². The number of hydrogen-bond acceptors (Lipinski definition) is 3. The zero-order chi connectivity index (χ0) is 13.7. The van der Waals surface area contributed by atoms with Gasteiger partial charge in [0.05, 0.1) is 16.1 Å². The Balaban J connectivity index is 1.93. The summed E-state index contributed by atoms with van der Waals surface area (Å²) in [5.74, 6) is 0. The second-order valence-electron chi connectivity index (χ2n) is 5.84. The van der Waals surface area contributed by atoms with E-state index < -0.39 is 0 Å². The first-order chi connectivity index (χ1) is 9.62. The molecule has 1 aliphatic heterocycles. The van der Waals surface area contributed by atoms with Crippen LogP contribution in [0.5, 0.6) is 0 Å². The molecule has 3 nitrogen and oxygen atoms in total. The highest BCUT2D eigenvalue weighted by molar-refractivity contribution is 7.12. The van der Waals surface area contributed by atoms with Gasteiger partial charge in [0.1, 0.15) is 5.65 Å². The van der Waals surface area contributed by atoms with Gasteiger partial charge in [-0.2, -0.15) is 0 Å². The second-order valence-corrected chi connectivity index (χ2v) is 6.76. The molecule has 0 bridgehead atoms. The third-order valence-electron chi connectivity index (χ3n) is 3.64. The fourth-order valence-corrected chi connectivity index (χ4v) is 3.72. The predicted molar refractivity (Wildman–Crippen MR) is 82.9 cm³/mol. The molecular formula is C16H15N3S. The Morgan fingerprint density at radius 1 is 1.30 bits per heavy atom. The molecule has 1 aliphatic rings. The summed E-state index contributed by atoms with van der Waals surface area (Å²) in [6.45, 7) is 4.38. The maximum Gasteiger partial charge on any atom is 0.136 e. The molecule has 0 amide bonds. The lowest BCUT2D eigenvalue weighted by atomic mass is 9.90. The monoisotopic (exact) mass is 281 g/mol. The molecule has 0 N–H and O–H groups in total. The van der Waals surface area contributed by atoms with Crippen LogP contribution < -0.4 is 0 Å². The lowest BCUT2D eigenvalue weighted by Crippen LogP contribution is -2.28. The molecule has 0 fully saturated rings. The van der Waals surface area contributed by atoms with Gasteiger partial charge in [-0.1, -0.05) is 0 Å². The van der Waals surface area contributed by atoms with Crippen LogP contribution in [0.1, 0.15) is 29.9 Å². The average molecular weight is 281 g/mol.